The molecule has 7 heteroatoms. The first-order chi connectivity index (χ1) is 21.2. The van der Waals surface area contributed by atoms with Gasteiger partial charge in [0.05, 0.1) is 0 Å². The molecule has 1 N–H and O–H groups in total. The summed E-state index contributed by atoms with van der Waals surface area (Å²) >= 11 is 0.681. The molecule has 3 heterocycles. The number of allylic oxidation sites excluding steroid dienone is 2. The number of ketones is 1. The Bertz CT molecular complexity index is 1680. The van der Waals surface area contributed by atoms with E-state index in [0.29, 0.717) is 21.7 Å². The van der Waals surface area contributed by atoms with Crippen LogP contribution in [0.5, 0.6) is 0 Å². The van der Waals surface area contributed by atoms with Crippen molar-refractivity contribution in [2.75, 3.05) is 0 Å². The molecule has 6 rings (SSSR count). The number of hydrogen-bond acceptors (Lipinski definition) is 3. The molecule has 0 saturated carbocycles. The molecule has 4 aromatic rings. The first kappa shape index (κ1) is 35.6. The zero-order chi connectivity index (χ0) is 31.5. The first-order valence-electron chi connectivity index (χ1n) is 15.7. The fourth-order valence-electron chi connectivity index (χ4n) is 5.73. The van der Waals surface area contributed by atoms with Crippen LogP contribution in [0.1, 0.15) is 67.2 Å². The topological polar surface area (TPSA) is 50.2 Å². The van der Waals surface area contributed by atoms with Gasteiger partial charge >= 0.3 is 172 Å². The van der Waals surface area contributed by atoms with E-state index in [2.05, 4.69) is 77.8 Å². The summed E-state index contributed by atoms with van der Waals surface area (Å²) in [4.78, 5) is 16.8. The standard InChI is InChI=1S/C23H13BNSe2.C15H28O2.Ir/c1-2-11-19-16(8-1)24-17-9-5-7-15(18-10-3-4-14-25-18)23(17)27-21-13-6-12-20(26-19)22(21)24;1-7-14(5,8-2)12(16)11-13(17)15(6,9-3)10-4;/h1-6,8-14H;11,16H,7-10H2,1-6H3;/q-1;;/b;12-11-;. The molecule has 2 aliphatic heterocycles. The molecule has 3 aromatic carbocycles. The summed E-state index contributed by atoms with van der Waals surface area (Å²) < 4.78 is 6.06. The SMILES string of the molecule is CCC(C)(CC)C(=O)/C=C(\O)C(C)(CC)CC.[Ir].[c-]1ccc2c(c1-c1ccccn1)[Se]c1cccc3c1B2c1ccccc1[Se]3. The third kappa shape index (κ3) is 7.06. The van der Waals surface area contributed by atoms with Gasteiger partial charge in [-0.2, -0.15) is 0 Å². The fraction of sp³-hybridized carbons (Fsp3) is 0.316. The second-order valence-corrected chi connectivity index (χ2v) is 16.6. The normalized spacial score (nSPS) is 13.4. The molecule has 3 nitrogen and oxygen atoms in total. The number of pyridine rings is 1. The van der Waals surface area contributed by atoms with Gasteiger partial charge in [0.15, 0.2) is 5.78 Å². The maximum absolute atomic E-state index is 12.2. The second-order valence-electron chi connectivity index (χ2n) is 12.1. The Labute approximate surface area is 295 Å². The minimum absolute atomic E-state index is 0. The summed E-state index contributed by atoms with van der Waals surface area (Å²) in [6, 6.07) is 30.0. The number of hydrogen-bond donors (Lipinski definition) is 1. The van der Waals surface area contributed by atoms with Gasteiger partial charge < -0.3 is 5.11 Å². The molecule has 0 bridgehead atoms. The maximum atomic E-state index is 12.2. The van der Waals surface area contributed by atoms with Crippen molar-refractivity contribution < 1.29 is 30.0 Å². The minimum atomic E-state index is -0.337. The average molecular weight is 905 g/mol. The molecule has 0 atom stereocenters. The summed E-state index contributed by atoms with van der Waals surface area (Å²) in [5.41, 5.74) is 6.14. The van der Waals surface area contributed by atoms with E-state index in [4.69, 9.17) is 0 Å². The van der Waals surface area contributed by atoms with Gasteiger partial charge in [0.25, 0.3) is 0 Å². The van der Waals surface area contributed by atoms with E-state index in [1.807, 2.05) is 53.8 Å². The van der Waals surface area contributed by atoms with Crippen LogP contribution >= 0.6 is 0 Å². The Hall–Kier alpha value is -2.23. The number of aromatic nitrogens is 1. The Morgan fingerprint density at radius 1 is 0.822 bits per heavy atom. The molecule has 2 aliphatic rings. The van der Waals surface area contributed by atoms with Gasteiger partial charge in [-0.15, -0.1) is 0 Å². The molecule has 235 valence electrons. The van der Waals surface area contributed by atoms with Crippen molar-refractivity contribution in [2.24, 2.45) is 10.8 Å². The number of carbonyl (C=O) groups excluding carboxylic acids is 1. The van der Waals surface area contributed by atoms with Crippen LogP contribution in [0.3, 0.4) is 0 Å². The van der Waals surface area contributed by atoms with Crippen LogP contribution in [0.2, 0.25) is 0 Å². The first-order valence-corrected chi connectivity index (χ1v) is 19.1. The third-order valence-electron chi connectivity index (χ3n) is 9.79. The van der Waals surface area contributed by atoms with Crippen LogP contribution in [0.25, 0.3) is 11.3 Å². The van der Waals surface area contributed by atoms with Crippen LogP contribution in [-0.2, 0) is 24.9 Å². The average Bonchev–Trinajstić information content (AvgIpc) is 3.07. The number of carbonyl (C=O) groups is 1. The molecule has 1 radical (unpaired) electrons. The van der Waals surface area contributed by atoms with Crippen LogP contribution in [0, 0.1) is 16.9 Å². The number of nitrogens with zero attached hydrogens (tertiary/aromatic N) is 1. The molecule has 0 unspecified atom stereocenters. The van der Waals surface area contributed by atoms with Gasteiger partial charge in [-0.1, -0.05) is 41.5 Å². The van der Waals surface area contributed by atoms with Crippen molar-refractivity contribution in [3.63, 3.8) is 0 Å². The zero-order valence-electron chi connectivity index (χ0n) is 26.9. The molecule has 0 saturated heterocycles. The van der Waals surface area contributed by atoms with E-state index >= 15 is 0 Å². The molecule has 0 spiro atoms. The van der Waals surface area contributed by atoms with E-state index in [0.717, 1.165) is 31.4 Å². The van der Waals surface area contributed by atoms with Crippen molar-refractivity contribution in [1.82, 2.24) is 4.98 Å². The summed E-state index contributed by atoms with van der Waals surface area (Å²) in [5, 5.41) is 10.1. The van der Waals surface area contributed by atoms with Gasteiger partial charge in [-0.3, -0.25) is 4.79 Å². The van der Waals surface area contributed by atoms with Crippen molar-refractivity contribution in [1.29, 1.82) is 0 Å². The van der Waals surface area contributed by atoms with E-state index in [9.17, 15) is 9.90 Å². The van der Waals surface area contributed by atoms with E-state index in [1.54, 1.807) is 9.92 Å². The van der Waals surface area contributed by atoms with Gasteiger partial charge in [0.1, 0.15) is 5.76 Å². The number of aliphatic hydroxyl groups is 1. The Morgan fingerprint density at radius 2 is 1.44 bits per heavy atom. The molecule has 0 amide bonds. The molecule has 45 heavy (non-hydrogen) atoms. The van der Waals surface area contributed by atoms with Crippen LogP contribution in [-0.4, -0.2) is 52.5 Å². The van der Waals surface area contributed by atoms with Crippen LogP contribution in [0.4, 0.5) is 0 Å². The van der Waals surface area contributed by atoms with E-state index < -0.39 is 0 Å². The van der Waals surface area contributed by atoms with Crippen molar-refractivity contribution in [2.45, 2.75) is 67.2 Å². The monoisotopic (exact) mass is 907 g/mol. The predicted molar refractivity (Wildman–Crippen MR) is 189 cm³/mol. The van der Waals surface area contributed by atoms with Gasteiger partial charge in [-0.25, -0.2) is 0 Å². The second kappa shape index (κ2) is 15.1. The third-order valence-corrected chi connectivity index (χ3v) is 14.8. The van der Waals surface area contributed by atoms with E-state index in [1.165, 1.54) is 36.0 Å². The Kier molecular flexibility index (Phi) is 12.0. The van der Waals surface area contributed by atoms with Crippen LogP contribution < -0.4 is 34.2 Å². The predicted octanol–water partition coefficient (Wildman–Crippen LogP) is 3.65. The molecular weight excluding hydrogens is 863 g/mol. The number of benzene rings is 3. The summed E-state index contributed by atoms with van der Waals surface area (Å²) in [6.07, 6.45) is 6.63. The van der Waals surface area contributed by atoms with Crippen molar-refractivity contribution >= 4 is 76.6 Å². The molecular formula is C38H41BIrNO2Se2-. The van der Waals surface area contributed by atoms with Crippen LogP contribution in [0.15, 0.2) is 90.8 Å². The summed E-state index contributed by atoms with van der Waals surface area (Å²) in [5.74, 6) is 0.286. The number of rotatable bonds is 8. The summed E-state index contributed by atoms with van der Waals surface area (Å²) in [7, 11) is 0. The molecule has 0 aliphatic carbocycles. The van der Waals surface area contributed by atoms with E-state index in [-0.39, 0.29) is 57.4 Å². The Morgan fingerprint density at radius 3 is 2.09 bits per heavy atom. The van der Waals surface area contributed by atoms with Gasteiger partial charge in [0.2, 0.25) is 0 Å². The van der Waals surface area contributed by atoms with Gasteiger partial charge in [0, 0.05) is 37.0 Å². The quantitative estimate of drug-likeness (QED) is 0.110. The van der Waals surface area contributed by atoms with Crippen molar-refractivity contribution in [3.05, 3.63) is 96.9 Å². The Balaban J connectivity index is 0.000000226. The summed E-state index contributed by atoms with van der Waals surface area (Å²) in [6.45, 7) is 12.4. The molecule has 0 fully saturated rings. The van der Waals surface area contributed by atoms with Gasteiger partial charge in [-0.05, 0) is 25.7 Å². The number of aliphatic hydroxyl groups excluding tert-OH is 1. The van der Waals surface area contributed by atoms with Crippen molar-refractivity contribution in [3.8, 4) is 11.3 Å². The fourth-order valence-corrected chi connectivity index (χ4v) is 11.2. The molecule has 1 aromatic heterocycles. The zero-order valence-corrected chi connectivity index (χ0v) is 32.8. The number of fused-ring (bicyclic) bond motifs is 4.